The van der Waals surface area contributed by atoms with Crippen LogP contribution in [0.2, 0.25) is 0 Å². The molecule has 0 radical (unpaired) electrons. The lowest BCUT2D eigenvalue weighted by Crippen LogP contribution is -2.20. The third-order valence-electron chi connectivity index (χ3n) is 3.31. The lowest BCUT2D eigenvalue weighted by Gasteiger charge is -2.18. The Morgan fingerprint density at radius 2 is 1.95 bits per heavy atom. The third-order valence-corrected chi connectivity index (χ3v) is 3.31. The fourth-order valence-corrected chi connectivity index (χ4v) is 1.63. The van der Waals surface area contributed by atoms with Gasteiger partial charge in [-0.15, -0.1) is 0 Å². The summed E-state index contributed by atoms with van der Waals surface area (Å²) in [4.78, 5) is 15.8. The van der Waals surface area contributed by atoms with E-state index in [9.17, 15) is 18.0 Å². The van der Waals surface area contributed by atoms with Gasteiger partial charge in [0.1, 0.15) is 5.82 Å². The summed E-state index contributed by atoms with van der Waals surface area (Å²) in [6, 6.07) is 1.43. The monoisotopic (exact) mass is 273 g/mol. The second-order valence-electron chi connectivity index (χ2n) is 5.08. The van der Waals surface area contributed by atoms with E-state index in [-0.39, 0.29) is 11.1 Å². The summed E-state index contributed by atoms with van der Waals surface area (Å²) in [5.41, 5.74) is -2.10. The molecule has 2 aromatic rings. The van der Waals surface area contributed by atoms with Gasteiger partial charge in [-0.25, -0.2) is 9.50 Å². The molecule has 0 aliphatic heterocycles. The van der Waals surface area contributed by atoms with Crippen molar-refractivity contribution in [2.75, 3.05) is 0 Å². The minimum atomic E-state index is -4.55. The summed E-state index contributed by atoms with van der Waals surface area (Å²) < 4.78 is 38.9. The number of fused-ring (bicyclic) bond motifs is 1. The van der Waals surface area contributed by atoms with E-state index in [1.54, 1.807) is 0 Å². The van der Waals surface area contributed by atoms with Gasteiger partial charge in [0.25, 0.3) is 5.56 Å². The predicted molar refractivity (Wildman–Crippen MR) is 64.1 cm³/mol. The van der Waals surface area contributed by atoms with Crippen molar-refractivity contribution in [1.29, 1.82) is 0 Å². The number of pyridine rings is 1. The highest BCUT2D eigenvalue weighted by Gasteiger charge is 2.32. The molecule has 2 heterocycles. The van der Waals surface area contributed by atoms with Gasteiger partial charge in [-0.05, 0) is 12.5 Å². The molecule has 2 rings (SSSR count). The highest BCUT2D eigenvalue weighted by Crippen LogP contribution is 2.29. The van der Waals surface area contributed by atoms with Gasteiger partial charge in [0, 0.05) is 11.5 Å². The van der Waals surface area contributed by atoms with Crippen LogP contribution in [0.15, 0.2) is 16.9 Å². The Kier molecular flexibility index (Phi) is 2.95. The molecule has 0 saturated heterocycles. The molecular formula is C12H14F3N3O. The van der Waals surface area contributed by atoms with Crippen molar-refractivity contribution in [2.45, 2.75) is 38.8 Å². The number of rotatable bonds is 2. The average molecular weight is 273 g/mol. The molecule has 0 amide bonds. The second-order valence-corrected chi connectivity index (χ2v) is 5.08. The molecule has 1 N–H and O–H groups in total. The Morgan fingerprint density at radius 3 is 2.47 bits per heavy atom. The summed E-state index contributed by atoms with van der Waals surface area (Å²) in [6.45, 7) is 5.75. The molecule has 0 fully saturated rings. The molecule has 4 nitrogen and oxygen atoms in total. The van der Waals surface area contributed by atoms with Crippen molar-refractivity contribution in [2.24, 2.45) is 0 Å². The number of nitrogens with zero attached hydrogens (tertiary/aromatic N) is 2. The van der Waals surface area contributed by atoms with Crippen LogP contribution < -0.4 is 5.56 Å². The lowest BCUT2D eigenvalue weighted by atomic mass is 9.90. The molecule has 0 saturated carbocycles. The fraction of sp³-hybridized carbons (Fsp3) is 0.500. The van der Waals surface area contributed by atoms with Gasteiger partial charge in [-0.1, -0.05) is 20.8 Å². The predicted octanol–water partition coefficient (Wildman–Crippen LogP) is 2.73. The van der Waals surface area contributed by atoms with Crippen molar-refractivity contribution in [3.63, 3.8) is 0 Å². The molecule has 104 valence electrons. The third kappa shape index (κ3) is 2.36. The molecule has 0 unspecified atom stereocenters. The van der Waals surface area contributed by atoms with Crippen LogP contribution in [0.25, 0.3) is 5.65 Å². The quantitative estimate of drug-likeness (QED) is 0.914. The largest absolute Gasteiger partial charge is 0.416 e. The number of H-pyrrole nitrogens is 1. The van der Waals surface area contributed by atoms with Crippen LogP contribution in [0.5, 0.6) is 0 Å². The molecule has 0 aliphatic rings. The summed E-state index contributed by atoms with van der Waals surface area (Å²) >= 11 is 0. The van der Waals surface area contributed by atoms with E-state index in [2.05, 4.69) is 10.1 Å². The van der Waals surface area contributed by atoms with Crippen LogP contribution in [-0.4, -0.2) is 14.6 Å². The van der Waals surface area contributed by atoms with E-state index >= 15 is 0 Å². The zero-order valence-corrected chi connectivity index (χ0v) is 10.8. The second kappa shape index (κ2) is 4.11. The Labute approximate surface area is 107 Å². The van der Waals surface area contributed by atoms with E-state index in [0.29, 0.717) is 11.9 Å². The first kappa shape index (κ1) is 13.6. The number of alkyl halides is 3. The van der Waals surface area contributed by atoms with Crippen molar-refractivity contribution in [3.8, 4) is 0 Å². The first-order valence-electron chi connectivity index (χ1n) is 5.85. The molecular weight excluding hydrogens is 259 g/mol. The highest BCUT2D eigenvalue weighted by atomic mass is 19.4. The average Bonchev–Trinajstić information content (AvgIpc) is 2.73. The van der Waals surface area contributed by atoms with E-state index in [1.165, 1.54) is 0 Å². The Hall–Kier alpha value is -1.79. The van der Waals surface area contributed by atoms with Crippen molar-refractivity contribution in [1.82, 2.24) is 14.6 Å². The van der Waals surface area contributed by atoms with Gasteiger partial charge >= 0.3 is 6.18 Å². The van der Waals surface area contributed by atoms with E-state index in [0.717, 1.165) is 17.0 Å². The number of hydrogen-bond donors (Lipinski definition) is 1. The zero-order valence-electron chi connectivity index (χ0n) is 10.8. The molecule has 0 aromatic carbocycles. The number of hydrogen-bond acceptors (Lipinski definition) is 2. The van der Waals surface area contributed by atoms with Crippen LogP contribution in [0.3, 0.4) is 0 Å². The SMILES string of the molecule is CCC(C)(C)c1nc2cc(C(F)(F)F)cc(=O)n2[nH]1. The highest BCUT2D eigenvalue weighted by molar-refractivity contribution is 5.42. The van der Waals surface area contributed by atoms with Gasteiger partial charge in [0.15, 0.2) is 5.65 Å². The Morgan fingerprint density at radius 1 is 1.32 bits per heavy atom. The maximum atomic E-state index is 12.6. The lowest BCUT2D eigenvalue weighted by molar-refractivity contribution is -0.137. The van der Waals surface area contributed by atoms with E-state index in [4.69, 9.17) is 0 Å². The number of aromatic nitrogens is 3. The maximum absolute atomic E-state index is 12.6. The van der Waals surface area contributed by atoms with Crippen molar-refractivity contribution < 1.29 is 13.2 Å². The molecule has 2 aromatic heterocycles. The zero-order chi connectivity index (χ0) is 14.4. The van der Waals surface area contributed by atoms with Crippen LogP contribution in [-0.2, 0) is 11.6 Å². The summed E-state index contributed by atoms with van der Waals surface area (Å²) in [5.74, 6) is 0.492. The molecule has 0 aliphatic carbocycles. The molecule has 7 heteroatoms. The molecule has 0 bridgehead atoms. The number of aromatic amines is 1. The molecule has 19 heavy (non-hydrogen) atoms. The van der Waals surface area contributed by atoms with Crippen LogP contribution in [0.4, 0.5) is 13.2 Å². The van der Waals surface area contributed by atoms with E-state index in [1.807, 2.05) is 20.8 Å². The summed E-state index contributed by atoms with van der Waals surface area (Å²) in [7, 11) is 0. The minimum absolute atomic E-state index is 0.0173. The van der Waals surface area contributed by atoms with Gasteiger partial charge in [-0.3, -0.25) is 9.89 Å². The van der Waals surface area contributed by atoms with Gasteiger partial charge in [0.2, 0.25) is 0 Å². The van der Waals surface area contributed by atoms with Crippen LogP contribution in [0, 0.1) is 0 Å². The van der Waals surface area contributed by atoms with Gasteiger partial charge < -0.3 is 0 Å². The summed E-state index contributed by atoms with van der Waals surface area (Å²) in [6.07, 6.45) is -3.80. The van der Waals surface area contributed by atoms with Crippen molar-refractivity contribution >= 4 is 5.65 Å². The molecule has 0 atom stereocenters. The first-order valence-corrected chi connectivity index (χ1v) is 5.85. The van der Waals surface area contributed by atoms with Gasteiger partial charge in [-0.2, -0.15) is 13.2 Å². The molecule has 0 spiro atoms. The van der Waals surface area contributed by atoms with Crippen LogP contribution >= 0.6 is 0 Å². The minimum Gasteiger partial charge on any atom is -0.276 e. The summed E-state index contributed by atoms with van der Waals surface area (Å²) in [5, 5.41) is 2.76. The van der Waals surface area contributed by atoms with Crippen LogP contribution in [0.1, 0.15) is 38.6 Å². The topological polar surface area (TPSA) is 50.2 Å². The smallest absolute Gasteiger partial charge is 0.276 e. The Bertz CT molecular complexity index is 667. The number of halogens is 3. The van der Waals surface area contributed by atoms with Crippen molar-refractivity contribution in [3.05, 3.63) is 33.9 Å². The fourth-order valence-electron chi connectivity index (χ4n) is 1.63. The standard InChI is InChI=1S/C12H14F3N3O/c1-4-11(2,3)10-16-8-5-7(12(13,14)15)6-9(19)18(8)17-10/h5-6H,4H2,1-3H3,(H,16,17). The normalized spacial score (nSPS) is 13.2. The van der Waals surface area contributed by atoms with E-state index < -0.39 is 17.3 Å². The first-order chi connectivity index (χ1) is 8.65. The maximum Gasteiger partial charge on any atom is 0.416 e. The van der Waals surface area contributed by atoms with Gasteiger partial charge in [0.05, 0.1) is 5.56 Å². The number of nitrogens with one attached hydrogen (secondary N) is 1. The Balaban J connectivity index is 2.67.